The molecule has 92 valence electrons. The maximum atomic E-state index is 11.9. The number of thioether (sulfide) groups is 1. The zero-order chi connectivity index (χ0) is 12.4. The number of nitrogens with one attached hydrogen (secondary N) is 1. The van der Waals surface area contributed by atoms with Gasteiger partial charge in [-0.05, 0) is 19.1 Å². The maximum absolute atomic E-state index is 11.9. The lowest BCUT2D eigenvalue weighted by Crippen LogP contribution is -2.38. The number of nitrogens with zero attached hydrogens (tertiary/aromatic N) is 1. The van der Waals surface area contributed by atoms with E-state index in [2.05, 4.69) is 5.32 Å². The van der Waals surface area contributed by atoms with Gasteiger partial charge >= 0.3 is 0 Å². The minimum Gasteiger partial charge on any atom is -0.466 e. The van der Waals surface area contributed by atoms with Gasteiger partial charge in [0, 0.05) is 7.05 Å². The molecule has 6 heteroatoms. The SMILES string of the molecule is CNC(=O)CN1C(=O)C(C)SC1c1ccco1. The minimum atomic E-state index is -0.204. The summed E-state index contributed by atoms with van der Waals surface area (Å²) >= 11 is 1.49. The van der Waals surface area contributed by atoms with E-state index in [1.54, 1.807) is 24.3 Å². The molecule has 2 heterocycles. The van der Waals surface area contributed by atoms with E-state index in [4.69, 9.17) is 4.42 Å². The van der Waals surface area contributed by atoms with Gasteiger partial charge in [0.05, 0.1) is 11.5 Å². The number of furan rings is 1. The van der Waals surface area contributed by atoms with Crippen LogP contribution in [0, 0.1) is 0 Å². The van der Waals surface area contributed by atoms with Crippen molar-refractivity contribution in [2.24, 2.45) is 0 Å². The van der Waals surface area contributed by atoms with Crippen LogP contribution in [-0.2, 0) is 9.59 Å². The van der Waals surface area contributed by atoms with Crippen LogP contribution < -0.4 is 5.32 Å². The molecule has 1 N–H and O–H groups in total. The minimum absolute atomic E-state index is 0.0278. The molecule has 0 aromatic carbocycles. The van der Waals surface area contributed by atoms with E-state index >= 15 is 0 Å². The van der Waals surface area contributed by atoms with E-state index in [9.17, 15) is 9.59 Å². The van der Waals surface area contributed by atoms with E-state index in [1.807, 2.05) is 13.0 Å². The van der Waals surface area contributed by atoms with Gasteiger partial charge in [-0.2, -0.15) is 0 Å². The number of hydrogen-bond acceptors (Lipinski definition) is 4. The van der Waals surface area contributed by atoms with Crippen molar-refractivity contribution in [3.8, 4) is 0 Å². The van der Waals surface area contributed by atoms with Gasteiger partial charge in [0.25, 0.3) is 0 Å². The number of rotatable bonds is 3. The highest BCUT2D eigenvalue weighted by molar-refractivity contribution is 8.01. The van der Waals surface area contributed by atoms with Crippen LogP contribution in [0.3, 0.4) is 0 Å². The second-order valence-electron chi connectivity index (χ2n) is 3.79. The van der Waals surface area contributed by atoms with Crippen LogP contribution in [0.25, 0.3) is 0 Å². The lowest BCUT2D eigenvalue weighted by Gasteiger charge is -2.21. The largest absolute Gasteiger partial charge is 0.466 e. The first-order chi connectivity index (χ1) is 8.13. The summed E-state index contributed by atoms with van der Waals surface area (Å²) in [5.41, 5.74) is 0. The average molecular weight is 254 g/mol. The van der Waals surface area contributed by atoms with Gasteiger partial charge in [-0.15, -0.1) is 11.8 Å². The molecule has 0 saturated carbocycles. The van der Waals surface area contributed by atoms with Gasteiger partial charge < -0.3 is 14.6 Å². The smallest absolute Gasteiger partial charge is 0.239 e. The summed E-state index contributed by atoms with van der Waals surface area (Å²) in [7, 11) is 1.56. The maximum Gasteiger partial charge on any atom is 0.239 e. The van der Waals surface area contributed by atoms with Crippen LogP contribution >= 0.6 is 11.8 Å². The Morgan fingerprint density at radius 3 is 3.00 bits per heavy atom. The summed E-state index contributed by atoms with van der Waals surface area (Å²) < 4.78 is 5.31. The quantitative estimate of drug-likeness (QED) is 0.873. The molecule has 1 fully saturated rings. The summed E-state index contributed by atoms with van der Waals surface area (Å²) in [5, 5.41) is 2.17. The lowest BCUT2D eigenvalue weighted by atomic mass is 10.3. The van der Waals surface area contributed by atoms with E-state index in [-0.39, 0.29) is 29.0 Å². The summed E-state index contributed by atoms with van der Waals surface area (Å²) in [4.78, 5) is 24.9. The van der Waals surface area contributed by atoms with Crippen LogP contribution in [0.5, 0.6) is 0 Å². The number of amides is 2. The molecule has 5 nitrogen and oxygen atoms in total. The molecule has 2 amide bonds. The third-order valence-electron chi connectivity index (χ3n) is 2.63. The predicted molar refractivity (Wildman–Crippen MR) is 64.3 cm³/mol. The highest BCUT2D eigenvalue weighted by Crippen LogP contribution is 2.42. The highest BCUT2D eigenvalue weighted by Gasteiger charge is 2.40. The molecule has 0 spiro atoms. The fraction of sp³-hybridized carbons (Fsp3) is 0.455. The number of carbonyl (C=O) groups excluding carboxylic acids is 2. The Labute approximate surface area is 104 Å². The molecule has 1 aliphatic heterocycles. The molecule has 1 aromatic heterocycles. The summed E-state index contributed by atoms with van der Waals surface area (Å²) in [6, 6.07) is 3.60. The molecule has 17 heavy (non-hydrogen) atoms. The molecule has 0 radical (unpaired) electrons. The standard InChI is InChI=1S/C11H14N2O3S/c1-7-10(15)13(6-9(14)12-2)11(17-7)8-4-3-5-16-8/h3-5,7,11H,6H2,1-2H3,(H,12,14). The highest BCUT2D eigenvalue weighted by atomic mass is 32.2. The number of carbonyl (C=O) groups is 2. The predicted octanol–water partition coefficient (Wildman–Crippen LogP) is 0.988. The molecule has 0 bridgehead atoms. The molecule has 2 unspecified atom stereocenters. The fourth-order valence-corrected chi connectivity index (χ4v) is 2.95. The van der Waals surface area contributed by atoms with E-state index < -0.39 is 0 Å². The lowest BCUT2D eigenvalue weighted by molar-refractivity contribution is -0.135. The van der Waals surface area contributed by atoms with Crippen LogP contribution in [-0.4, -0.2) is 35.6 Å². The molecule has 0 aliphatic carbocycles. The van der Waals surface area contributed by atoms with Crippen molar-refractivity contribution >= 4 is 23.6 Å². The Morgan fingerprint density at radius 2 is 2.41 bits per heavy atom. The average Bonchev–Trinajstić information content (AvgIpc) is 2.92. The van der Waals surface area contributed by atoms with Gasteiger partial charge in [-0.25, -0.2) is 0 Å². The molecule has 1 saturated heterocycles. The Bertz CT molecular complexity index is 418. The van der Waals surface area contributed by atoms with E-state index in [1.165, 1.54) is 11.8 Å². The first-order valence-electron chi connectivity index (χ1n) is 5.33. The van der Waals surface area contributed by atoms with Gasteiger partial charge in [0.15, 0.2) is 0 Å². The summed E-state index contributed by atoms with van der Waals surface area (Å²) in [6.07, 6.45) is 1.57. The monoisotopic (exact) mass is 254 g/mol. The molecule has 2 atom stereocenters. The Kier molecular flexibility index (Phi) is 3.42. The van der Waals surface area contributed by atoms with Crippen molar-refractivity contribution in [3.05, 3.63) is 24.2 Å². The van der Waals surface area contributed by atoms with Crippen molar-refractivity contribution in [2.75, 3.05) is 13.6 Å². The first-order valence-corrected chi connectivity index (χ1v) is 6.27. The molecule has 1 aliphatic rings. The first kappa shape index (κ1) is 12.0. The molecule has 1 aromatic rings. The van der Waals surface area contributed by atoms with Gasteiger partial charge in [0.1, 0.15) is 17.7 Å². The van der Waals surface area contributed by atoms with Crippen molar-refractivity contribution in [1.82, 2.24) is 10.2 Å². The Balaban J connectivity index is 2.19. The second kappa shape index (κ2) is 4.83. The summed E-state index contributed by atoms with van der Waals surface area (Å²) in [5.74, 6) is 0.501. The number of hydrogen-bond donors (Lipinski definition) is 1. The van der Waals surface area contributed by atoms with Crippen molar-refractivity contribution in [1.29, 1.82) is 0 Å². The van der Waals surface area contributed by atoms with Crippen LogP contribution in [0.1, 0.15) is 18.1 Å². The molecule has 2 rings (SSSR count). The van der Waals surface area contributed by atoms with Crippen LogP contribution in [0.15, 0.2) is 22.8 Å². The Hall–Kier alpha value is -1.43. The zero-order valence-electron chi connectivity index (χ0n) is 9.67. The van der Waals surface area contributed by atoms with Crippen LogP contribution in [0.2, 0.25) is 0 Å². The van der Waals surface area contributed by atoms with Crippen LogP contribution in [0.4, 0.5) is 0 Å². The second-order valence-corrected chi connectivity index (χ2v) is 5.21. The number of likely N-dealkylation sites (N-methyl/N-ethyl adjacent to an activating group) is 1. The van der Waals surface area contributed by atoms with Gasteiger partial charge in [-0.1, -0.05) is 0 Å². The molecular weight excluding hydrogens is 240 g/mol. The Morgan fingerprint density at radius 1 is 1.65 bits per heavy atom. The normalized spacial score (nSPS) is 24.1. The van der Waals surface area contributed by atoms with Crippen molar-refractivity contribution in [2.45, 2.75) is 17.5 Å². The van der Waals surface area contributed by atoms with Crippen molar-refractivity contribution < 1.29 is 14.0 Å². The zero-order valence-corrected chi connectivity index (χ0v) is 10.5. The van der Waals surface area contributed by atoms with Gasteiger partial charge in [0.2, 0.25) is 11.8 Å². The third-order valence-corrected chi connectivity index (χ3v) is 3.98. The van der Waals surface area contributed by atoms with Gasteiger partial charge in [-0.3, -0.25) is 9.59 Å². The van der Waals surface area contributed by atoms with E-state index in [0.717, 1.165) is 0 Å². The fourth-order valence-electron chi connectivity index (χ4n) is 1.72. The topological polar surface area (TPSA) is 62.6 Å². The summed E-state index contributed by atoms with van der Waals surface area (Å²) in [6.45, 7) is 1.91. The molecular formula is C11H14N2O3S. The van der Waals surface area contributed by atoms with Crippen molar-refractivity contribution in [3.63, 3.8) is 0 Å². The third kappa shape index (κ3) is 2.31. The van der Waals surface area contributed by atoms with E-state index in [0.29, 0.717) is 5.76 Å².